The summed E-state index contributed by atoms with van der Waals surface area (Å²) in [5, 5.41) is 10.5. The smallest absolute Gasteiger partial charge is 0.137 e. The first-order chi connectivity index (χ1) is 11.1. The zero-order valence-electron chi connectivity index (χ0n) is 13.2. The summed E-state index contributed by atoms with van der Waals surface area (Å²) in [6, 6.07) is 17.7. The van der Waals surface area contributed by atoms with Crippen molar-refractivity contribution in [1.29, 1.82) is 0 Å². The van der Waals surface area contributed by atoms with E-state index < -0.39 is 5.97 Å². The molecule has 1 unspecified atom stereocenters. The summed E-state index contributed by atoms with van der Waals surface area (Å²) in [5.74, 6) is -0.538. The number of carboxylic acid groups (broad SMARTS) is 1. The van der Waals surface area contributed by atoms with Crippen LogP contribution in [0, 0.1) is 0 Å². The lowest BCUT2D eigenvalue weighted by molar-refractivity contribution is -0.893. The van der Waals surface area contributed by atoms with Crippen LogP contribution in [-0.2, 0) is 11.3 Å². The molecule has 1 N–H and O–H groups in total. The van der Waals surface area contributed by atoms with Crippen LogP contribution in [0.5, 0.6) is 5.75 Å². The van der Waals surface area contributed by atoms with E-state index in [1.165, 1.54) is 16.5 Å². The summed E-state index contributed by atoms with van der Waals surface area (Å²) in [4.78, 5) is 11.9. The molecular formula is C19H21NO3. The van der Waals surface area contributed by atoms with Gasteiger partial charge in [-0.1, -0.05) is 48.5 Å². The van der Waals surface area contributed by atoms with Crippen LogP contribution < -0.4 is 14.7 Å². The number of ether oxygens (including phenoxy) is 1. The average Bonchev–Trinajstić information content (AvgIpc) is 2.55. The number of hydrogen-bond donors (Lipinski definition) is 1. The number of para-hydroxylation sites is 1. The molecule has 0 bridgehead atoms. The Hall–Kier alpha value is -2.59. The van der Waals surface area contributed by atoms with E-state index in [-0.39, 0.29) is 0 Å². The molecule has 0 aliphatic heterocycles. The van der Waals surface area contributed by atoms with Crippen LogP contribution in [-0.4, -0.2) is 26.2 Å². The first-order valence-corrected chi connectivity index (χ1v) is 7.61. The van der Waals surface area contributed by atoms with E-state index in [0.29, 0.717) is 12.4 Å². The molecule has 1 atom stereocenters. The molecule has 0 saturated heterocycles. The van der Waals surface area contributed by atoms with Crippen molar-refractivity contribution in [2.45, 2.75) is 6.54 Å². The second kappa shape index (κ2) is 8.76. The van der Waals surface area contributed by atoms with Gasteiger partial charge >= 0.3 is 0 Å². The molecule has 4 nitrogen and oxygen atoms in total. The van der Waals surface area contributed by atoms with Crippen LogP contribution in [0.25, 0.3) is 6.08 Å². The molecule has 2 aromatic rings. The zero-order valence-corrected chi connectivity index (χ0v) is 13.2. The van der Waals surface area contributed by atoms with Crippen LogP contribution in [0.3, 0.4) is 0 Å². The number of rotatable bonds is 8. The van der Waals surface area contributed by atoms with Gasteiger partial charge in [-0.15, -0.1) is 0 Å². The van der Waals surface area contributed by atoms with Gasteiger partial charge in [0.1, 0.15) is 25.4 Å². The summed E-state index contributed by atoms with van der Waals surface area (Å²) in [5.41, 5.74) is 2.03. The average molecular weight is 311 g/mol. The molecule has 0 heterocycles. The van der Waals surface area contributed by atoms with Gasteiger partial charge in [-0.2, -0.15) is 0 Å². The number of quaternary nitrogens is 1. The fourth-order valence-electron chi connectivity index (χ4n) is 2.28. The summed E-state index contributed by atoms with van der Waals surface area (Å²) >= 11 is 0. The van der Waals surface area contributed by atoms with Crippen molar-refractivity contribution in [3.8, 4) is 5.75 Å². The molecule has 0 aliphatic carbocycles. The second-order valence-electron chi connectivity index (χ2n) is 5.41. The van der Waals surface area contributed by atoms with Crippen molar-refractivity contribution in [2.75, 3.05) is 20.2 Å². The lowest BCUT2D eigenvalue weighted by Crippen LogP contribution is -3.08. The van der Waals surface area contributed by atoms with Crippen molar-refractivity contribution >= 4 is 12.0 Å². The number of likely N-dealkylation sites (N-methyl/N-ethyl adjacent to an activating group) is 1. The molecule has 2 rings (SSSR count). The Kier molecular flexibility index (Phi) is 6.39. The lowest BCUT2D eigenvalue weighted by Gasteiger charge is -2.15. The summed E-state index contributed by atoms with van der Waals surface area (Å²) in [6.45, 7) is 2.36. The third-order valence-electron chi connectivity index (χ3n) is 3.45. The standard InChI is InChI=1S/C19H21NO3/c1-20(15-16-7-3-2-4-8-16)13-14-23-18-10-6-5-9-17(18)11-12-19(21)22/h2-12H,13-15H2,1H3,(H,21,22)/b12-11+. The fourth-order valence-corrected chi connectivity index (χ4v) is 2.28. The Bertz CT molecular complexity index is 653. The van der Waals surface area contributed by atoms with Crippen molar-refractivity contribution in [2.24, 2.45) is 0 Å². The Morgan fingerprint density at radius 3 is 2.57 bits per heavy atom. The largest absolute Gasteiger partial charge is 0.545 e. The first kappa shape index (κ1) is 16.8. The molecule has 0 saturated carbocycles. The van der Waals surface area contributed by atoms with E-state index in [1.807, 2.05) is 42.5 Å². The molecule has 4 heteroatoms. The Labute approximate surface area is 136 Å². The van der Waals surface area contributed by atoms with E-state index in [1.54, 1.807) is 0 Å². The van der Waals surface area contributed by atoms with E-state index >= 15 is 0 Å². The molecule has 0 amide bonds. The normalized spacial score (nSPS) is 12.2. The minimum atomic E-state index is -1.22. The topological polar surface area (TPSA) is 53.8 Å². The first-order valence-electron chi connectivity index (χ1n) is 7.61. The number of hydrogen-bond acceptors (Lipinski definition) is 3. The van der Waals surface area contributed by atoms with E-state index in [2.05, 4.69) is 19.2 Å². The minimum absolute atomic E-state index is 0.564. The maximum absolute atomic E-state index is 10.5. The highest BCUT2D eigenvalue weighted by atomic mass is 16.5. The van der Waals surface area contributed by atoms with Gasteiger partial charge < -0.3 is 19.5 Å². The van der Waals surface area contributed by atoms with Crippen LogP contribution in [0.1, 0.15) is 11.1 Å². The van der Waals surface area contributed by atoms with Gasteiger partial charge in [0.05, 0.1) is 13.0 Å². The molecular weight excluding hydrogens is 290 g/mol. The Balaban J connectivity index is 1.85. The quantitative estimate of drug-likeness (QED) is 0.724. The number of nitrogens with one attached hydrogen (secondary N) is 1. The van der Waals surface area contributed by atoms with Crippen LogP contribution in [0.15, 0.2) is 60.7 Å². The highest BCUT2D eigenvalue weighted by Gasteiger charge is 2.05. The third-order valence-corrected chi connectivity index (χ3v) is 3.45. The monoisotopic (exact) mass is 311 g/mol. The maximum Gasteiger partial charge on any atom is 0.137 e. The summed E-state index contributed by atoms with van der Waals surface area (Å²) in [7, 11) is 2.12. The number of carbonyl (C=O) groups excluding carboxylic acids is 1. The number of aliphatic carboxylic acids is 1. The zero-order chi connectivity index (χ0) is 16.5. The van der Waals surface area contributed by atoms with Gasteiger partial charge in [-0.25, -0.2) is 0 Å². The van der Waals surface area contributed by atoms with Crippen LogP contribution in [0.2, 0.25) is 0 Å². The van der Waals surface area contributed by atoms with Crippen molar-refractivity contribution in [1.82, 2.24) is 0 Å². The highest BCUT2D eigenvalue weighted by Crippen LogP contribution is 2.19. The van der Waals surface area contributed by atoms with Crippen LogP contribution in [0.4, 0.5) is 0 Å². The van der Waals surface area contributed by atoms with Gasteiger partial charge in [0.15, 0.2) is 0 Å². The molecule has 0 aliphatic rings. The molecule has 0 fully saturated rings. The van der Waals surface area contributed by atoms with Crippen molar-refractivity contribution in [3.05, 3.63) is 71.8 Å². The lowest BCUT2D eigenvalue weighted by atomic mass is 10.2. The molecule has 120 valence electrons. The van der Waals surface area contributed by atoms with Gasteiger partial charge in [0.25, 0.3) is 0 Å². The second-order valence-corrected chi connectivity index (χ2v) is 5.41. The maximum atomic E-state index is 10.5. The number of benzene rings is 2. The number of carbonyl (C=O) groups is 1. The van der Waals surface area contributed by atoms with Gasteiger partial charge in [-0.3, -0.25) is 0 Å². The SMILES string of the molecule is C[NH+](CCOc1ccccc1/C=C/C(=O)[O-])Cc1ccccc1. The van der Waals surface area contributed by atoms with E-state index in [0.717, 1.165) is 24.7 Å². The molecule has 0 spiro atoms. The predicted molar refractivity (Wildman–Crippen MR) is 87.9 cm³/mol. The van der Waals surface area contributed by atoms with Crippen LogP contribution >= 0.6 is 0 Å². The molecule has 23 heavy (non-hydrogen) atoms. The highest BCUT2D eigenvalue weighted by molar-refractivity contribution is 5.84. The predicted octanol–water partition coefficient (Wildman–Crippen LogP) is 0.543. The van der Waals surface area contributed by atoms with Gasteiger partial charge in [0.2, 0.25) is 0 Å². The Morgan fingerprint density at radius 2 is 1.83 bits per heavy atom. The minimum Gasteiger partial charge on any atom is -0.545 e. The summed E-state index contributed by atoms with van der Waals surface area (Å²) in [6.07, 6.45) is 2.50. The van der Waals surface area contributed by atoms with E-state index in [4.69, 9.17) is 4.74 Å². The van der Waals surface area contributed by atoms with Gasteiger partial charge in [0, 0.05) is 11.1 Å². The van der Waals surface area contributed by atoms with E-state index in [9.17, 15) is 9.90 Å². The van der Waals surface area contributed by atoms with Crippen molar-refractivity contribution < 1.29 is 19.5 Å². The fraction of sp³-hybridized carbons (Fsp3) is 0.211. The summed E-state index contributed by atoms with van der Waals surface area (Å²) < 4.78 is 5.79. The molecule has 0 radical (unpaired) electrons. The molecule has 2 aromatic carbocycles. The Morgan fingerprint density at radius 1 is 1.13 bits per heavy atom. The molecule has 0 aromatic heterocycles. The van der Waals surface area contributed by atoms with Crippen molar-refractivity contribution in [3.63, 3.8) is 0 Å². The number of carboxylic acids is 1. The van der Waals surface area contributed by atoms with Gasteiger partial charge in [-0.05, 0) is 18.2 Å². The third kappa shape index (κ3) is 5.96.